The first kappa shape index (κ1) is 8.10. The summed E-state index contributed by atoms with van der Waals surface area (Å²) in [5, 5.41) is 4.12. The zero-order valence-corrected chi connectivity index (χ0v) is 7.56. The van der Waals surface area contributed by atoms with Crippen LogP contribution < -0.4 is 0 Å². The first-order valence-corrected chi connectivity index (χ1v) is 4.92. The Morgan fingerprint density at radius 2 is 2.25 bits per heavy atom. The Morgan fingerprint density at radius 3 is 2.83 bits per heavy atom. The van der Waals surface area contributed by atoms with Crippen LogP contribution in [0.1, 0.15) is 37.3 Å². The van der Waals surface area contributed by atoms with E-state index in [0.717, 1.165) is 5.69 Å². The van der Waals surface area contributed by atoms with Crippen LogP contribution in [0.4, 0.5) is 3.89 Å². The summed E-state index contributed by atoms with van der Waals surface area (Å²) in [4.78, 5) is 0. The molecule has 0 atom stereocenters. The van der Waals surface area contributed by atoms with Crippen molar-refractivity contribution in [1.82, 2.24) is 9.19 Å². The number of aromatic nitrogens is 2. The van der Waals surface area contributed by atoms with Gasteiger partial charge in [-0.05, 0) is 18.9 Å². The first-order valence-electron chi connectivity index (χ1n) is 4.25. The molecule has 2 nitrogen and oxygen atoms in total. The fraction of sp³-hybridized carbons (Fsp3) is 0.625. The molecule has 1 aromatic heterocycles. The minimum atomic E-state index is 0.154. The molecule has 0 unspecified atom stereocenters. The second kappa shape index (κ2) is 3.47. The third kappa shape index (κ3) is 1.48. The average Bonchev–Trinajstić information content (AvgIpc) is 2.75. The van der Waals surface area contributed by atoms with E-state index in [2.05, 4.69) is 5.10 Å². The summed E-state index contributed by atoms with van der Waals surface area (Å²) in [6.07, 6.45) is 6.70. The van der Waals surface area contributed by atoms with E-state index < -0.39 is 0 Å². The normalized spacial score (nSPS) is 18.8. The largest absolute Gasteiger partial charge is 0.187 e. The molecular formula is C8H11FN2S. The highest BCUT2D eigenvalue weighted by molar-refractivity contribution is 7.92. The Morgan fingerprint density at radius 1 is 1.50 bits per heavy atom. The van der Waals surface area contributed by atoms with Crippen LogP contribution in [0, 0.1) is 0 Å². The zero-order valence-electron chi connectivity index (χ0n) is 6.74. The van der Waals surface area contributed by atoms with Crippen LogP contribution in [0.25, 0.3) is 0 Å². The van der Waals surface area contributed by atoms with Crippen molar-refractivity contribution in [3.05, 3.63) is 18.0 Å². The number of hydrogen-bond acceptors (Lipinski definition) is 2. The van der Waals surface area contributed by atoms with Crippen molar-refractivity contribution in [2.24, 2.45) is 0 Å². The van der Waals surface area contributed by atoms with Gasteiger partial charge in [0.25, 0.3) is 0 Å². The van der Waals surface area contributed by atoms with E-state index in [4.69, 9.17) is 0 Å². The van der Waals surface area contributed by atoms with E-state index in [1.807, 2.05) is 6.07 Å². The molecule has 1 aliphatic rings. The maximum absolute atomic E-state index is 12.0. The molecule has 66 valence electrons. The Labute approximate surface area is 75.6 Å². The highest BCUT2D eigenvalue weighted by atomic mass is 32.2. The van der Waals surface area contributed by atoms with Gasteiger partial charge in [-0.1, -0.05) is 12.8 Å². The van der Waals surface area contributed by atoms with Gasteiger partial charge in [0.15, 0.2) is 12.3 Å². The van der Waals surface area contributed by atoms with Crippen molar-refractivity contribution < 1.29 is 3.89 Å². The number of nitrogens with zero attached hydrogens (tertiary/aromatic N) is 2. The van der Waals surface area contributed by atoms with Gasteiger partial charge in [0.1, 0.15) is 0 Å². The summed E-state index contributed by atoms with van der Waals surface area (Å²) < 4.78 is 13.3. The summed E-state index contributed by atoms with van der Waals surface area (Å²) in [5.41, 5.74) is 1.05. The molecule has 1 aromatic rings. The van der Waals surface area contributed by atoms with Gasteiger partial charge in [-0.3, -0.25) is 0 Å². The van der Waals surface area contributed by atoms with Gasteiger partial charge in [-0.15, -0.1) is 3.89 Å². The van der Waals surface area contributed by atoms with Crippen LogP contribution >= 0.6 is 12.3 Å². The van der Waals surface area contributed by atoms with E-state index in [1.54, 1.807) is 6.20 Å². The third-order valence-electron chi connectivity index (χ3n) is 2.43. The van der Waals surface area contributed by atoms with Crippen LogP contribution in [0.5, 0.6) is 0 Å². The minimum Gasteiger partial charge on any atom is -0.184 e. The monoisotopic (exact) mass is 186 g/mol. The topological polar surface area (TPSA) is 17.8 Å². The second-order valence-corrected chi connectivity index (χ2v) is 3.71. The van der Waals surface area contributed by atoms with Gasteiger partial charge in [-0.25, -0.2) is 0 Å². The lowest BCUT2D eigenvalue weighted by Gasteiger charge is -2.02. The van der Waals surface area contributed by atoms with Crippen LogP contribution in [0.15, 0.2) is 12.3 Å². The molecule has 0 saturated heterocycles. The lowest BCUT2D eigenvalue weighted by atomic mass is 10.1. The van der Waals surface area contributed by atoms with Crippen molar-refractivity contribution in [2.45, 2.75) is 31.6 Å². The van der Waals surface area contributed by atoms with Crippen LogP contribution in [0.3, 0.4) is 0 Å². The average molecular weight is 186 g/mol. The van der Waals surface area contributed by atoms with Crippen molar-refractivity contribution in [1.29, 1.82) is 0 Å². The molecule has 0 N–H and O–H groups in total. The number of hydrogen-bond donors (Lipinski definition) is 0. The maximum Gasteiger partial charge on any atom is 0.187 e. The zero-order chi connectivity index (χ0) is 8.39. The smallest absolute Gasteiger partial charge is 0.184 e. The van der Waals surface area contributed by atoms with Crippen LogP contribution in [-0.2, 0) is 0 Å². The number of rotatable bonds is 2. The minimum absolute atomic E-state index is 0.154. The van der Waals surface area contributed by atoms with E-state index in [9.17, 15) is 3.89 Å². The molecule has 0 aliphatic heterocycles. The third-order valence-corrected chi connectivity index (χ3v) is 2.78. The van der Waals surface area contributed by atoms with Crippen LogP contribution in [0.2, 0.25) is 0 Å². The molecule has 0 bridgehead atoms. The standard InChI is InChI=1S/C8H11FN2S/c9-12-11-6-5-8(10-11)7-3-1-2-4-7/h5-7H,1-4H2. The molecule has 0 amide bonds. The fourth-order valence-electron chi connectivity index (χ4n) is 1.80. The van der Waals surface area contributed by atoms with E-state index >= 15 is 0 Å². The van der Waals surface area contributed by atoms with Crippen molar-refractivity contribution in [3.63, 3.8) is 0 Å². The Bertz CT molecular complexity index is 255. The van der Waals surface area contributed by atoms with Crippen molar-refractivity contribution in [3.8, 4) is 0 Å². The van der Waals surface area contributed by atoms with Gasteiger partial charge >= 0.3 is 0 Å². The summed E-state index contributed by atoms with van der Waals surface area (Å²) in [6.45, 7) is 0. The van der Waals surface area contributed by atoms with Gasteiger partial charge < -0.3 is 0 Å². The van der Waals surface area contributed by atoms with E-state index in [0.29, 0.717) is 5.92 Å². The Balaban J connectivity index is 2.11. The maximum atomic E-state index is 12.0. The Kier molecular flexibility index (Phi) is 2.35. The molecule has 4 heteroatoms. The lowest BCUT2D eigenvalue weighted by molar-refractivity contribution is 0.687. The van der Waals surface area contributed by atoms with Crippen molar-refractivity contribution in [2.75, 3.05) is 0 Å². The molecule has 0 spiro atoms. The summed E-state index contributed by atoms with van der Waals surface area (Å²) in [7, 11) is 0. The van der Waals surface area contributed by atoms with Crippen molar-refractivity contribution >= 4 is 12.3 Å². The molecule has 1 aliphatic carbocycles. The molecule has 1 saturated carbocycles. The molecule has 12 heavy (non-hydrogen) atoms. The predicted octanol–water partition coefficient (Wildman–Crippen LogP) is 2.92. The SMILES string of the molecule is FSn1ccc(C2CCCC2)n1. The summed E-state index contributed by atoms with van der Waals surface area (Å²) in [6, 6.07) is 1.92. The summed E-state index contributed by atoms with van der Waals surface area (Å²) >= 11 is 0.154. The van der Waals surface area contributed by atoms with Crippen LogP contribution in [-0.4, -0.2) is 9.19 Å². The highest BCUT2D eigenvalue weighted by Crippen LogP contribution is 2.33. The van der Waals surface area contributed by atoms with Gasteiger partial charge in [-0.2, -0.15) is 9.19 Å². The molecular weight excluding hydrogens is 175 g/mol. The summed E-state index contributed by atoms with van der Waals surface area (Å²) in [5.74, 6) is 0.582. The second-order valence-electron chi connectivity index (χ2n) is 3.19. The van der Waals surface area contributed by atoms with Gasteiger partial charge in [0.2, 0.25) is 0 Å². The highest BCUT2D eigenvalue weighted by Gasteiger charge is 2.19. The molecule has 2 rings (SSSR count). The molecule has 0 aromatic carbocycles. The Hall–Kier alpha value is -0.510. The molecule has 0 radical (unpaired) electrons. The fourth-order valence-corrected chi connectivity index (χ4v) is 2.03. The quantitative estimate of drug-likeness (QED) is 0.706. The van der Waals surface area contributed by atoms with Gasteiger partial charge in [0, 0.05) is 12.1 Å². The molecule has 1 heterocycles. The number of halogens is 1. The first-order chi connectivity index (χ1) is 5.90. The predicted molar refractivity (Wildman–Crippen MR) is 47.5 cm³/mol. The van der Waals surface area contributed by atoms with Gasteiger partial charge in [0.05, 0.1) is 5.69 Å². The van der Waals surface area contributed by atoms with E-state index in [-0.39, 0.29) is 12.3 Å². The van der Waals surface area contributed by atoms with E-state index in [1.165, 1.54) is 29.8 Å². The lowest BCUT2D eigenvalue weighted by Crippen LogP contribution is -1.94. The molecule has 1 fully saturated rings.